The van der Waals surface area contributed by atoms with Crippen molar-refractivity contribution in [2.75, 3.05) is 0 Å². The lowest BCUT2D eigenvalue weighted by Crippen LogP contribution is -2.05. The maximum Gasteiger partial charge on any atom is 0.227 e. The first kappa shape index (κ1) is 93.2. The average Bonchev–Trinajstić information content (AvgIpc) is 1.75. The first-order valence-electron chi connectivity index (χ1n) is 38.9. The average molecular weight is 1880 g/mol. The zero-order valence-corrected chi connectivity index (χ0v) is 75.1. The Morgan fingerprint density at radius 3 is 0.885 bits per heavy atom. The molecule has 12 heterocycles. The van der Waals surface area contributed by atoms with Crippen LogP contribution in [0.3, 0.4) is 0 Å². The number of hydrogen-bond acceptors (Lipinski definition) is 35. The van der Waals surface area contributed by atoms with E-state index in [0.29, 0.717) is 49.3 Å². The Hall–Kier alpha value is -15.5. The summed E-state index contributed by atoms with van der Waals surface area (Å²) in [5.74, 6) is 1.69. The summed E-state index contributed by atoms with van der Waals surface area (Å²) in [5.41, 5.74) is 8.27. The first-order valence-corrected chi connectivity index (χ1v) is 47.8. The Morgan fingerprint density at radius 1 is 0.252 bits per heavy atom. The van der Waals surface area contributed by atoms with Crippen LogP contribution in [-0.2, 0) is 98.3 Å². The first-order chi connectivity index (χ1) is 62.8. The Morgan fingerprint density at radius 2 is 0.573 bits per heavy atom. The lowest BCUT2D eigenvalue weighted by Gasteiger charge is -2.01. The van der Waals surface area contributed by atoms with Crippen molar-refractivity contribution in [3.63, 3.8) is 0 Å². The smallest absolute Gasteiger partial charge is 0.227 e. The van der Waals surface area contributed by atoms with Crippen molar-refractivity contribution in [1.29, 1.82) is 0 Å². The molecule has 668 valence electrons. The number of aryl methyl sites for hydroxylation is 6. The van der Waals surface area contributed by atoms with Gasteiger partial charge in [-0.2, -0.15) is 0 Å². The van der Waals surface area contributed by atoms with E-state index in [1.807, 2.05) is 53.7 Å². The molecule has 0 unspecified atom stereocenters. The van der Waals surface area contributed by atoms with E-state index >= 15 is 0 Å². The van der Waals surface area contributed by atoms with Gasteiger partial charge >= 0.3 is 0 Å². The number of sulfone groups is 6. The Balaban J connectivity index is 0.000000134. The lowest BCUT2D eigenvalue weighted by molar-refractivity contribution is 0.475. The van der Waals surface area contributed by atoms with Gasteiger partial charge in [0.1, 0.15) is 50.2 Å². The highest BCUT2D eigenvalue weighted by molar-refractivity contribution is 7.92. The number of rotatable bonds is 24. The molecule has 0 aliphatic heterocycles. The fourth-order valence-corrected chi connectivity index (χ4v) is 18.2. The van der Waals surface area contributed by atoms with Crippen molar-refractivity contribution < 1.29 is 54.9 Å². The lowest BCUT2D eigenvalue weighted by atomic mass is 10.2. The molecule has 0 radical (unpaired) electrons. The maximum atomic E-state index is 12.5. The van der Waals surface area contributed by atoms with Gasteiger partial charge in [-0.1, -0.05) is 144 Å². The third-order valence-electron chi connectivity index (χ3n) is 18.4. The zero-order chi connectivity index (χ0) is 92.8. The highest BCUT2D eigenvalue weighted by Crippen LogP contribution is 2.26. The van der Waals surface area contributed by atoms with Crippen molar-refractivity contribution in [3.05, 3.63) is 362 Å². The summed E-state index contributed by atoms with van der Waals surface area (Å²) in [6, 6.07) is 50.4. The summed E-state index contributed by atoms with van der Waals surface area (Å²) in [6.45, 7) is 13.3. The summed E-state index contributed by atoms with van der Waals surface area (Å²) in [6.07, 6.45) is 27.0. The van der Waals surface area contributed by atoms with E-state index in [4.69, 9.17) is 4.42 Å². The highest BCUT2D eigenvalue weighted by atomic mass is 32.2. The van der Waals surface area contributed by atoms with Crippen molar-refractivity contribution in [1.82, 2.24) is 140 Å². The molecule has 0 saturated carbocycles. The van der Waals surface area contributed by atoms with Crippen molar-refractivity contribution in [2.24, 2.45) is 0 Å². The molecule has 0 saturated heterocycles. The quantitative estimate of drug-likeness (QED) is 0.0548. The standard InChI is InChI=1S/C15H14N4O2S.3C14H13N5O2S.C14H13N3O3S.C13H12N6O2S/c1-12-4-6-14(7-5-12)22(20,21)15-11-19(18-17-15)10-13-3-2-8-16-9-13;1-11-3-5-12(6-4-11)22(20,21)14-10-19(18-17-14)9-13-15-7-2-8-16-13;1-11-2-4-13(5-3-11)22(20,21)14-10-19(18-17-14)9-12-8-15-6-7-16-12;1-11-2-4-13(5-3-11)22(20,21)14-9-19(18-17-14)8-12-6-7-15-10-16-12;1-11-4-6-13(7-5-11)21(18,19)14-10-17(16-15-14)9-12-3-2-8-20-12;1-10-2-4-11(5-3-10)22(20,21)13-7-19(18-17-13)6-12-15-8-14-9-16-12/h2-9,11H,10H2,1H3;2*2-8,10H,9H2,1H3;2-7,9-10H,8H2,1H3;2-8,10H,9H2,1H3;2-5,7-9H,6H2,1H3. The number of benzene rings is 6. The zero-order valence-electron chi connectivity index (χ0n) is 70.2. The molecule has 0 fully saturated rings. The minimum absolute atomic E-state index is 0.0553. The molecule has 41 nitrogen and oxygen atoms in total. The molecule has 131 heavy (non-hydrogen) atoms. The van der Waals surface area contributed by atoms with Crippen LogP contribution in [0.2, 0.25) is 0 Å². The number of pyridine rings is 1. The number of furan rings is 1. The van der Waals surface area contributed by atoms with Gasteiger partial charge in [0.25, 0.3) is 0 Å². The minimum Gasteiger partial charge on any atom is -0.467 e. The highest BCUT2D eigenvalue weighted by Gasteiger charge is 2.28. The van der Waals surface area contributed by atoms with Crippen LogP contribution in [-0.4, -0.2) is 190 Å². The van der Waals surface area contributed by atoms with Gasteiger partial charge < -0.3 is 4.42 Å². The van der Waals surface area contributed by atoms with E-state index in [0.717, 1.165) is 44.6 Å². The van der Waals surface area contributed by atoms with Crippen molar-refractivity contribution in [2.45, 2.75) is 140 Å². The second-order valence-electron chi connectivity index (χ2n) is 28.5. The predicted molar refractivity (Wildman–Crippen MR) is 463 cm³/mol. The molecule has 18 rings (SSSR count). The van der Waals surface area contributed by atoms with Gasteiger partial charge in [-0.3, -0.25) is 15.0 Å². The van der Waals surface area contributed by atoms with Crippen LogP contribution in [0.5, 0.6) is 0 Å². The molecule has 0 aliphatic rings. The molecule has 0 N–H and O–H groups in total. The Labute approximate surface area is 750 Å². The normalized spacial score (nSPS) is 11.5. The molecule has 0 amide bonds. The van der Waals surface area contributed by atoms with E-state index in [9.17, 15) is 50.5 Å². The van der Waals surface area contributed by atoms with E-state index in [1.54, 1.807) is 226 Å². The second kappa shape index (κ2) is 42.0. The second-order valence-corrected chi connectivity index (χ2v) is 39.9. The summed E-state index contributed by atoms with van der Waals surface area (Å²) >= 11 is 0. The molecule has 12 aromatic heterocycles. The van der Waals surface area contributed by atoms with Gasteiger partial charge in [-0.25, -0.2) is 113 Å². The van der Waals surface area contributed by atoms with Gasteiger partial charge in [0.05, 0.1) is 110 Å². The van der Waals surface area contributed by atoms with E-state index in [2.05, 4.69) is 112 Å². The van der Waals surface area contributed by atoms with E-state index in [-0.39, 0.29) is 72.6 Å². The van der Waals surface area contributed by atoms with Crippen LogP contribution < -0.4 is 0 Å². The SMILES string of the molecule is Cc1ccc(S(=O)(=O)c2cn(Cc3cccnc3)nn2)cc1.Cc1ccc(S(=O)(=O)c2cn(Cc3ccco3)nn2)cc1.Cc1ccc(S(=O)(=O)c2cn(Cc3ccncn3)nn2)cc1.Cc1ccc(S(=O)(=O)c2cn(Cc3cnccn3)nn2)cc1.Cc1ccc(S(=O)(=O)c2cn(Cc3ncccn3)nn2)cc1.Cc1ccc(S(=O)(=O)c2cn(Cc3ncncn3)nn2)cc1. The van der Waals surface area contributed by atoms with Crippen molar-refractivity contribution in [3.8, 4) is 0 Å². The monoisotopic (exact) mass is 1880 g/mol. The topological polar surface area (TPSA) is 531 Å². The van der Waals surface area contributed by atoms with Crippen LogP contribution in [0, 0.1) is 41.5 Å². The predicted octanol–water partition coefficient (Wildman–Crippen LogP) is 8.35. The molecular weight excluding hydrogens is 1800 g/mol. The third-order valence-corrected chi connectivity index (χ3v) is 28.2. The molecule has 0 atom stereocenters. The van der Waals surface area contributed by atoms with E-state index in [1.165, 1.54) is 84.3 Å². The summed E-state index contributed by atoms with van der Waals surface area (Å²) in [4.78, 5) is 40.9. The summed E-state index contributed by atoms with van der Waals surface area (Å²) in [5, 5.41) is 45.1. The number of hydrogen-bond donors (Lipinski definition) is 0. The molecule has 0 aliphatic carbocycles. The van der Waals surface area contributed by atoms with Crippen molar-refractivity contribution >= 4 is 59.0 Å². The third kappa shape index (κ3) is 24.9. The minimum atomic E-state index is -3.67. The van der Waals surface area contributed by atoms with Gasteiger partial charge in [0.15, 0.2) is 5.82 Å². The summed E-state index contributed by atoms with van der Waals surface area (Å²) < 4.78 is 163. The van der Waals surface area contributed by atoms with Crippen LogP contribution in [0.4, 0.5) is 0 Å². The molecule has 6 aromatic carbocycles. The molecule has 18 aromatic rings. The molecule has 47 heteroatoms. The largest absolute Gasteiger partial charge is 0.467 e. The fraction of sp³-hybridized carbons (Fsp3) is 0.143. The van der Waals surface area contributed by atoms with Crippen LogP contribution in [0.25, 0.3) is 0 Å². The van der Waals surface area contributed by atoms with Crippen LogP contribution in [0.15, 0.2) is 358 Å². The van der Waals surface area contributed by atoms with Gasteiger partial charge in [0.2, 0.25) is 89.2 Å². The fourth-order valence-electron chi connectivity index (χ4n) is 11.4. The molecule has 0 bridgehead atoms. The van der Waals surface area contributed by atoms with Gasteiger partial charge in [-0.15, -0.1) is 30.6 Å². The maximum absolute atomic E-state index is 12.5. The number of nitrogens with zero attached hydrogens (tertiary/aromatic N) is 28. The molecular formula is C84H78N28O13S6. The van der Waals surface area contributed by atoms with Crippen LogP contribution in [0.1, 0.15) is 67.7 Å². The van der Waals surface area contributed by atoms with Crippen LogP contribution >= 0.6 is 0 Å². The Bertz CT molecular complexity index is 6650. The van der Waals surface area contributed by atoms with Gasteiger partial charge in [-0.05, 0) is 150 Å². The summed E-state index contributed by atoms with van der Waals surface area (Å²) in [7, 11) is -21.9. The van der Waals surface area contributed by atoms with E-state index < -0.39 is 59.0 Å². The number of aromatic nitrogens is 28. The Kier molecular flexibility index (Phi) is 29.9. The van der Waals surface area contributed by atoms with Gasteiger partial charge in [0, 0.05) is 43.4 Å². The molecule has 0 spiro atoms.